The van der Waals surface area contributed by atoms with Gasteiger partial charge in [0.2, 0.25) is 0 Å². The molecule has 0 radical (unpaired) electrons. The van der Waals surface area contributed by atoms with Crippen molar-refractivity contribution in [1.29, 1.82) is 5.26 Å². The van der Waals surface area contributed by atoms with Crippen LogP contribution in [0.25, 0.3) is 21.9 Å². The molecule has 0 amide bonds. The minimum atomic E-state index is 0.477. The minimum absolute atomic E-state index is 0.477. The maximum atomic E-state index is 9.08. The largest absolute Gasteiger partial charge is 0.244 e. The van der Waals surface area contributed by atoms with Crippen LogP contribution in [0.4, 0.5) is 0 Å². The van der Waals surface area contributed by atoms with E-state index in [0.717, 1.165) is 21.9 Å². The van der Waals surface area contributed by atoms with Crippen LogP contribution in [-0.4, -0.2) is 4.98 Å². The van der Waals surface area contributed by atoms with Crippen molar-refractivity contribution >= 4 is 10.8 Å². The molecule has 84 valence electrons. The third-order valence-corrected chi connectivity index (χ3v) is 2.99. The van der Waals surface area contributed by atoms with Crippen molar-refractivity contribution in [3.8, 4) is 17.2 Å². The Morgan fingerprint density at radius 1 is 0.833 bits per heavy atom. The van der Waals surface area contributed by atoms with E-state index in [1.807, 2.05) is 42.5 Å². The summed E-state index contributed by atoms with van der Waals surface area (Å²) in [6.07, 6.45) is 1.77. The number of rotatable bonds is 1. The number of fused-ring (bicyclic) bond motifs is 1. The number of nitrogens with zero attached hydrogens (tertiary/aromatic N) is 2. The molecular weight excluding hydrogens is 220 g/mol. The average molecular weight is 230 g/mol. The van der Waals surface area contributed by atoms with Crippen molar-refractivity contribution in [3.05, 3.63) is 66.5 Å². The van der Waals surface area contributed by atoms with Gasteiger partial charge in [0.15, 0.2) is 0 Å². The van der Waals surface area contributed by atoms with Crippen molar-refractivity contribution in [2.24, 2.45) is 0 Å². The van der Waals surface area contributed by atoms with Gasteiger partial charge in [0.05, 0.1) is 0 Å². The third-order valence-electron chi connectivity index (χ3n) is 2.99. The van der Waals surface area contributed by atoms with Crippen LogP contribution in [0.5, 0.6) is 0 Å². The molecule has 18 heavy (non-hydrogen) atoms. The number of benzene rings is 2. The first-order chi connectivity index (χ1) is 8.90. The van der Waals surface area contributed by atoms with Crippen LogP contribution in [0.3, 0.4) is 0 Å². The molecule has 0 unspecified atom stereocenters. The van der Waals surface area contributed by atoms with Crippen molar-refractivity contribution in [3.63, 3.8) is 0 Å². The molecule has 0 saturated heterocycles. The van der Waals surface area contributed by atoms with Gasteiger partial charge in [0.25, 0.3) is 0 Å². The molecule has 2 aromatic carbocycles. The maximum Gasteiger partial charge on any atom is 0.148 e. The van der Waals surface area contributed by atoms with Gasteiger partial charge in [-0.3, -0.25) is 0 Å². The fraction of sp³-hybridized carbons (Fsp3) is 0. The van der Waals surface area contributed by atoms with Crippen molar-refractivity contribution in [1.82, 2.24) is 4.98 Å². The fourth-order valence-corrected chi connectivity index (χ4v) is 2.13. The zero-order valence-electron chi connectivity index (χ0n) is 9.67. The van der Waals surface area contributed by atoms with Gasteiger partial charge in [-0.05, 0) is 10.9 Å². The summed E-state index contributed by atoms with van der Waals surface area (Å²) in [6.45, 7) is 0. The number of nitriles is 1. The van der Waals surface area contributed by atoms with E-state index in [-0.39, 0.29) is 0 Å². The molecule has 1 aromatic heterocycles. The van der Waals surface area contributed by atoms with Crippen LogP contribution in [0.15, 0.2) is 60.8 Å². The Balaban J connectivity index is 2.36. The smallest absolute Gasteiger partial charge is 0.148 e. The SMILES string of the molecule is N#Cc1ncc(-c2ccccc2)c2ccccc12. The van der Waals surface area contributed by atoms with E-state index < -0.39 is 0 Å². The summed E-state index contributed by atoms with van der Waals surface area (Å²) >= 11 is 0. The first kappa shape index (κ1) is 10.5. The second-order valence-electron chi connectivity index (χ2n) is 4.04. The molecule has 0 saturated carbocycles. The van der Waals surface area contributed by atoms with Gasteiger partial charge < -0.3 is 0 Å². The molecule has 0 spiro atoms. The second kappa shape index (κ2) is 4.31. The minimum Gasteiger partial charge on any atom is -0.244 e. The molecule has 3 rings (SSSR count). The van der Waals surface area contributed by atoms with Crippen molar-refractivity contribution in [2.75, 3.05) is 0 Å². The van der Waals surface area contributed by atoms with Gasteiger partial charge in [0.1, 0.15) is 11.8 Å². The predicted molar refractivity (Wildman–Crippen MR) is 71.9 cm³/mol. The lowest BCUT2D eigenvalue weighted by atomic mass is 9.99. The van der Waals surface area contributed by atoms with Crippen LogP contribution < -0.4 is 0 Å². The lowest BCUT2D eigenvalue weighted by molar-refractivity contribution is 1.30. The third kappa shape index (κ3) is 1.63. The summed E-state index contributed by atoms with van der Waals surface area (Å²) < 4.78 is 0. The number of hydrogen-bond acceptors (Lipinski definition) is 2. The molecule has 0 aliphatic carbocycles. The lowest BCUT2D eigenvalue weighted by Gasteiger charge is -2.07. The van der Waals surface area contributed by atoms with E-state index in [9.17, 15) is 0 Å². The molecule has 0 bridgehead atoms. The normalized spacial score (nSPS) is 10.2. The van der Waals surface area contributed by atoms with Gasteiger partial charge in [-0.25, -0.2) is 4.98 Å². The zero-order chi connectivity index (χ0) is 12.4. The Morgan fingerprint density at radius 3 is 2.22 bits per heavy atom. The van der Waals surface area contributed by atoms with Crippen LogP contribution in [0.2, 0.25) is 0 Å². The monoisotopic (exact) mass is 230 g/mol. The van der Waals surface area contributed by atoms with E-state index in [1.165, 1.54) is 0 Å². The van der Waals surface area contributed by atoms with Crippen molar-refractivity contribution in [2.45, 2.75) is 0 Å². The molecule has 0 fully saturated rings. The topological polar surface area (TPSA) is 36.7 Å². The van der Waals surface area contributed by atoms with Crippen LogP contribution >= 0.6 is 0 Å². The molecule has 1 heterocycles. The highest BCUT2D eigenvalue weighted by Crippen LogP contribution is 2.28. The summed E-state index contributed by atoms with van der Waals surface area (Å²) in [7, 11) is 0. The molecule has 0 aliphatic rings. The highest BCUT2D eigenvalue weighted by molar-refractivity contribution is 5.98. The van der Waals surface area contributed by atoms with E-state index in [2.05, 4.69) is 23.2 Å². The Morgan fingerprint density at radius 2 is 1.50 bits per heavy atom. The summed E-state index contributed by atoms with van der Waals surface area (Å²) in [5.41, 5.74) is 2.65. The average Bonchev–Trinajstić information content (AvgIpc) is 2.47. The number of pyridine rings is 1. The van der Waals surface area contributed by atoms with Crippen LogP contribution in [0.1, 0.15) is 5.69 Å². The zero-order valence-corrected chi connectivity index (χ0v) is 9.67. The molecule has 0 N–H and O–H groups in total. The Kier molecular flexibility index (Phi) is 2.51. The van der Waals surface area contributed by atoms with E-state index in [0.29, 0.717) is 5.69 Å². The Labute approximate surface area is 105 Å². The maximum absolute atomic E-state index is 9.08. The summed E-state index contributed by atoms with van der Waals surface area (Å²) in [4.78, 5) is 4.24. The van der Waals surface area contributed by atoms with Gasteiger partial charge in [-0.15, -0.1) is 0 Å². The molecule has 0 aliphatic heterocycles. The molecule has 0 atom stereocenters. The first-order valence-electron chi connectivity index (χ1n) is 5.73. The van der Waals surface area contributed by atoms with E-state index in [4.69, 9.17) is 5.26 Å². The van der Waals surface area contributed by atoms with Gasteiger partial charge in [0, 0.05) is 17.1 Å². The Bertz CT molecular complexity index is 740. The molecule has 2 heteroatoms. The van der Waals surface area contributed by atoms with E-state index >= 15 is 0 Å². The molecule has 3 aromatic rings. The Hall–Kier alpha value is -2.66. The summed E-state index contributed by atoms with van der Waals surface area (Å²) in [5.74, 6) is 0. The van der Waals surface area contributed by atoms with Gasteiger partial charge >= 0.3 is 0 Å². The van der Waals surface area contributed by atoms with Crippen molar-refractivity contribution < 1.29 is 0 Å². The fourth-order valence-electron chi connectivity index (χ4n) is 2.13. The second-order valence-corrected chi connectivity index (χ2v) is 4.04. The standard InChI is InChI=1S/C16H10N2/c17-10-16-14-9-5-4-8-13(14)15(11-18-16)12-6-2-1-3-7-12/h1-9,11H. The van der Waals surface area contributed by atoms with Crippen LogP contribution in [0, 0.1) is 11.3 Å². The summed E-state index contributed by atoms with van der Waals surface area (Å²) in [5, 5.41) is 11.1. The molecule has 2 nitrogen and oxygen atoms in total. The van der Waals surface area contributed by atoms with Crippen LogP contribution in [-0.2, 0) is 0 Å². The van der Waals surface area contributed by atoms with E-state index in [1.54, 1.807) is 6.20 Å². The first-order valence-corrected chi connectivity index (χ1v) is 5.73. The molecular formula is C16H10N2. The highest BCUT2D eigenvalue weighted by atomic mass is 14.7. The van der Waals surface area contributed by atoms with Gasteiger partial charge in [-0.2, -0.15) is 5.26 Å². The number of aromatic nitrogens is 1. The predicted octanol–water partition coefficient (Wildman–Crippen LogP) is 3.77. The quantitative estimate of drug-likeness (QED) is 0.638. The van der Waals surface area contributed by atoms with Gasteiger partial charge in [-0.1, -0.05) is 54.6 Å². The number of hydrogen-bond donors (Lipinski definition) is 0. The highest BCUT2D eigenvalue weighted by Gasteiger charge is 2.07. The lowest BCUT2D eigenvalue weighted by Crippen LogP contribution is -1.89. The summed E-state index contributed by atoms with van der Waals surface area (Å²) in [6, 6.07) is 20.1.